The van der Waals surface area contributed by atoms with E-state index in [2.05, 4.69) is 10.3 Å². The Kier molecular flexibility index (Phi) is 5.50. The maximum atomic E-state index is 13.7. The van der Waals surface area contributed by atoms with Gasteiger partial charge in [0, 0.05) is 31.9 Å². The number of rotatable bonds is 5. The minimum absolute atomic E-state index is 0.0878. The van der Waals surface area contributed by atoms with Crippen molar-refractivity contribution in [2.75, 3.05) is 19.4 Å². The lowest BCUT2D eigenvalue weighted by molar-refractivity contribution is -0.137. The van der Waals surface area contributed by atoms with Crippen LogP contribution in [0.3, 0.4) is 0 Å². The molecular formula is C20H20F4N4O. The zero-order chi connectivity index (χ0) is 21.3. The van der Waals surface area contributed by atoms with Crippen LogP contribution < -0.4 is 5.32 Å². The van der Waals surface area contributed by atoms with Gasteiger partial charge in [0.2, 0.25) is 5.91 Å². The van der Waals surface area contributed by atoms with Crippen LogP contribution in [0, 0.1) is 5.82 Å². The van der Waals surface area contributed by atoms with Crippen molar-refractivity contribution in [2.24, 2.45) is 0 Å². The van der Waals surface area contributed by atoms with Gasteiger partial charge < -0.3 is 14.8 Å². The lowest BCUT2D eigenvalue weighted by Gasteiger charge is -2.18. The van der Waals surface area contributed by atoms with E-state index in [4.69, 9.17) is 0 Å². The highest BCUT2D eigenvalue weighted by atomic mass is 19.4. The Morgan fingerprint density at radius 3 is 2.59 bits per heavy atom. The standard InChI is InChI=1S/C20H20F4N4O/c1-4-12-9-13(21)10-15(20(22,23)24)18(12)26-19-14-6-8-28(11-17(29)27(2)3)16(14)5-7-25-19/h5-10H,4,11H2,1-3H3,(H,25,26). The third-order valence-corrected chi connectivity index (χ3v) is 4.62. The Labute approximate surface area is 164 Å². The molecule has 3 aromatic rings. The number of hydrogen-bond acceptors (Lipinski definition) is 3. The number of aryl methyl sites for hydroxylation is 1. The molecule has 0 saturated heterocycles. The predicted molar refractivity (Wildman–Crippen MR) is 102 cm³/mol. The first-order chi connectivity index (χ1) is 13.6. The molecule has 0 unspecified atom stereocenters. The van der Waals surface area contributed by atoms with E-state index < -0.39 is 17.6 Å². The third-order valence-electron chi connectivity index (χ3n) is 4.62. The average molecular weight is 408 g/mol. The van der Waals surface area contributed by atoms with E-state index in [0.717, 1.165) is 6.07 Å². The second-order valence-corrected chi connectivity index (χ2v) is 6.79. The minimum atomic E-state index is -4.73. The van der Waals surface area contributed by atoms with Gasteiger partial charge in [-0.25, -0.2) is 9.37 Å². The summed E-state index contributed by atoms with van der Waals surface area (Å²) >= 11 is 0. The van der Waals surface area contributed by atoms with Gasteiger partial charge in [-0.05, 0) is 36.2 Å². The largest absolute Gasteiger partial charge is 0.418 e. The van der Waals surface area contributed by atoms with E-state index in [0.29, 0.717) is 17.0 Å². The summed E-state index contributed by atoms with van der Waals surface area (Å²) in [5.41, 5.74) is -0.473. The molecule has 3 rings (SSSR count). The molecule has 0 radical (unpaired) electrons. The Morgan fingerprint density at radius 2 is 1.97 bits per heavy atom. The van der Waals surface area contributed by atoms with Gasteiger partial charge in [0.1, 0.15) is 18.2 Å². The molecule has 5 nitrogen and oxygen atoms in total. The molecular weight excluding hydrogens is 388 g/mol. The van der Waals surface area contributed by atoms with Gasteiger partial charge in [-0.3, -0.25) is 4.79 Å². The summed E-state index contributed by atoms with van der Waals surface area (Å²) in [6.45, 7) is 1.74. The van der Waals surface area contributed by atoms with Gasteiger partial charge in [0.05, 0.1) is 16.8 Å². The molecule has 1 amide bonds. The van der Waals surface area contributed by atoms with E-state index in [1.165, 1.54) is 11.1 Å². The van der Waals surface area contributed by atoms with E-state index in [9.17, 15) is 22.4 Å². The van der Waals surface area contributed by atoms with Gasteiger partial charge in [-0.15, -0.1) is 0 Å². The molecule has 2 aromatic heterocycles. The Balaban J connectivity index is 2.08. The van der Waals surface area contributed by atoms with Crippen LogP contribution in [-0.2, 0) is 23.9 Å². The number of benzene rings is 1. The first-order valence-electron chi connectivity index (χ1n) is 8.92. The van der Waals surface area contributed by atoms with Crippen LogP contribution in [0.15, 0.2) is 36.7 Å². The molecule has 0 spiro atoms. The summed E-state index contributed by atoms with van der Waals surface area (Å²) in [5, 5.41) is 3.31. The zero-order valence-corrected chi connectivity index (χ0v) is 16.1. The molecule has 0 aliphatic carbocycles. The molecule has 0 bridgehead atoms. The molecule has 0 atom stereocenters. The normalized spacial score (nSPS) is 11.7. The van der Waals surface area contributed by atoms with E-state index >= 15 is 0 Å². The quantitative estimate of drug-likeness (QED) is 0.629. The molecule has 9 heteroatoms. The van der Waals surface area contributed by atoms with Crippen molar-refractivity contribution in [3.63, 3.8) is 0 Å². The number of nitrogens with one attached hydrogen (secondary N) is 1. The number of pyridine rings is 1. The first kappa shape index (κ1) is 20.6. The van der Waals surface area contributed by atoms with E-state index in [-0.39, 0.29) is 35.9 Å². The molecule has 29 heavy (non-hydrogen) atoms. The molecule has 0 aliphatic heterocycles. The van der Waals surface area contributed by atoms with Crippen LogP contribution in [0.4, 0.5) is 29.1 Å². The number of nitrogens with zero attached hydrogens (tertiary/aromatic N) is 3. The van der Waals surface area contributed by atoms with Crippen molar-refractivity contribution < 1.29 is 22.4 Å². The lowest BCUT2D eigenvalue weighted by atomic mass is 10.0. The number of likely N-dealkylation sites (N-methyl/N-ethyl adjacent to an activating group) is 1. The molecule has 2 heterocycles. The Morgan fingerprint density at radius 1 is 1.24 bits per heavy atom. The summed E-state index contributed by atoms with van der Waals surface area (Å²) in [6, 6.07) is 4.91. The number of fused-ring (bicyclic) bond motifs is 1. The fourth-order valence-corrected chi connectivity index (χ4v) is 3.08. The van der Waals surface area contributed by atoms with Gasteiger partial charge >= 0.3 is 6.18 Å². The predicted octanol–water partition coefficient (Wildman–Crippen LogP) is 4.59. The van der Waals surface area contributed by atoms with Crippen molar-refractivity contribution in [3.05, 3.63) is 53.6 Å². The highest BCUT2D eigenvalue weighted by Gasteiger charge is 2.35. The number of hydrogen-bond donors (Lipinski definition) is 1. The second-order valence-electron chi connectivity index (χ2n) is 6.79. The topological polar surface area (TPSA) is 50.2 Å². The average Bonchev–Trinajstić information content (AvgIpc) is 3.05. The number of amides is 1. The summed E-state index contributed by atoms with van der Waals surface area (Å²) < 4.78 is 56.0. The number of alkyl halides is 3. The maximum absolute atomic E-state index is 13.7. The molecule has 0 fully saturated rings. The van der Waals surface area contributed by atoms with Crippen molar-refractivity contribution >= 4 is 28.3 Å². The fourth-order valence-electron chi connectivity index (χ4n) is 3.08. The van der Waals surface area contributed by atoms with Gasteiger partial charge in [-0.2, -0.15) is 13.2 Å². The molecule has 1 N–H and O–H groups in total. The molecule has 0 aliphatic rings. The van der Waals surface area contributed by atoms with E-state index in [1.54, 1.807) is 43.9 Å². The molecule has 154 valence electrons. The number of carbonyl (C=O) groups is 1. The number of anilines is 2. The highest BCUT2D eigenvalue weighted by molar-refractivity contribution is 5.93. The van der Waals surface area contributed by atoms with Crippen LogP contribution in [-0.4, -0.2) is 34.5 Å². The molecule has 1 aromatic carbocycles. The zero-order valence-electron chi connectivity index (χ0n) is 16.1. The molecule has 0 saturated carbocycles. The fraction of sp³-hybridized carbons (Fsp3) is 0.300. The van der Waals surface area contributed by atoms with Crippen LogP contribution in [0.5, 0.6) is 0 Å². The number of aromatic nitrogens is 2. The monoisotopic (exact) mass is 408 g/mol. The van der Waals surface area contributed by atoms with Crippen LogP contribution in [0.1, 0.15) is 18.1 Å². The van der Waals surface area contributed by atoms with Crippen molar-refractivity contribution in [1.82, 2.24) is 14.5 Å². The summed E-state index contributed by atoms with van der Waals surface area (Å²) in [6.07, 6.45) is -1.40. The lowest BCUT2D eigenvalue weighted by Crippen LogP contribution is -2.25. The van der Waals surface area contributed by atoms with E-state index in [1.807, 2.05) is 0 Å². The Hall–Kier alpha value is -3.10. The number of carbonyl (C=O) groups excluding carboxylic acids is 1. The van der Waals surface area contributed by atoms with Crippen molar-refractivity contribution in [3.8, 4) is 0 Å². The van der Waals surface area contributed by atoms with Gasteiger partial charge in [-0.1, -0.05) is 6.92 Å². The van der Waals surface area contributed by atoms with Gasteiger partial charge in [0.25, 0.3) is 0 Å². The van der Waals surface area contributed by atoms with Crippen LogP contribution in [0.25, 0.3) is 10.9 Å². The van der Waals surface area contributed by atoms with Crippen molar-refractivity contribution in [1.29, 1.82) is 0 Å². The van der Waals surface area contributed by atoms with Gasteiger partial charge in [0.15, 0.2) is 0 Å². The SMILES string of the molecule is CCc1cc(F)cc(C(F)(F)F)c1Nc1nccc2c1ccn2CC(=O)N(C)C. The first-order valence-corrected chi connectivity index (χ1v) is 8.92. The van der Waals surface area contributed by atoms with Crippen molar-refractivity contribution in [2.45, 2.75) is 26.1 Å². The Bertz CT molecular complexity index is 1060. The number of halogens is 4. The maximum Gasteiger partial charge on any atom is 0.418 e. The van der Waals surface area contributed by atoms with Crippen LogP contribution >= 0.6 is 0 Å². The summed E-state index contributed by atoms with van der Waals surface area (Å²) in [4.78, 5) is 17.6. The smallest absolute Gasteiger partial charge is 0.347 e. The second kappa shape index (κ2) is 7.73. The third kappa shape index (κ3) is 4.18. The highest BCUT2D eigenvalue weighted by Crippen LogP contribution is 2.39. The minimum Gasteiger partial charge on any atom is -0.347 e. The van der Waals surface area contributed by atoms with Crippen LogP contribution in [0.2, 0.25) is 0 Å². The summed E-state index contributed by atoms with van der Waals surface area (Å²) in [5.74, 6) is -0.871. The summed E-state index contributed by atoms with van der Waals surface area (Å²) in [7, 11) is 3.28.